The monoisotopic (exact) mass is 401 g/mol. The summed E-state index contributed by atoms with van der Waals surface area (Å²) in [6.07, 6.45) is 2.14. The Morgan fingerprint density at radius 3 is 2.73 bits per heavy atom. The molecule has 0 spiro atoms. The molecule has 0 unspecified atom stereocenters. The molecular weight excluding hydrogens is 382 g/mol. The average Bonchev–Trinajstić information content (AvgIpc) is 3.48. The van der Waals surface area contributed by atoms with Gasteiger partial charge in [0.2, 0.25) is 5.91 Å². The van der Waals surface area contributed by atoms with Crippen LogP contribution < -0.4 is 10.9 Å². The molecular formula is C21H19N7O2. The van der Waals surface area contributed by atoms with Gasteiger partial charge in [-0.15, -0.1) is 5.10 Å². The molecule has 30 heavy (non-hydrogen) atoms. The number of anilines is 1. The zero-order valence-corrected chi connectivity index (χ0v) is 16.3. The van der Waals surface area contributed by atoms with Gasteiger partial charge in [-0.2, -0.15) is 5.10 Å². The molecule has 0 bridgehead atoms. The number of amides is 1. The van der Waals surface area contributed by atoms with Crippen molar-refractivity contribution in [1.29, 1.82) is 0 Å². The summed E-state index contributed by atoms with van der Waals surface area (Å²) in [6.45, 7) is 1.65. The van der Waals surface area contributed by atoms with Crippen molar-refractivity contribution in [3.8, 4) is 11.4 Å². The van der Waals surface area contributed by atoms with Crippen molar-refractivity contribution in [3.05, 3.63) is 64.6 Å². The molecule has 1 fully saturated rings. The molecule has 1 saturated carbocycles. The van der Waals surface area contributed by atoms with Crippen molar-refractivity contribution >= 4 is 22.4 Å². The molecule has 2 aromatic heterocycles. The maximum absolute atomic E-state index is 12.7. The fraction of sp³-hybridized carbons (Fsp3) is 0.238. The van der Waals surface area contributed by atoms with Crippen LogP contribution in [0.3, 0.4) is 0 Å². The minimum absolute atomic E-state index is 0.172. The Morgan fingerprint density at radius 1 is 1.13 bits per heavy atom. The first-order chi connectivity index (χ1) is 14.6. The summed E-state index contributed by atoms with van der Waals surface area (Å²) in [5, 5.41) is 20.4. The van der Waals surface area contributed by atoms with E-state index in [1.165, 1.54) is 4.68 Å². The minimum atomic E-state index is -0.335. The summed E-state index contributed by atoms with van der Waals surface area (Å²) in [7, 11) is 0. The van der Waals surface area contributed by atoms with Crippen LogP contribution in [0.25, 0.3) is 22.2 Å². The third-order valence-corrected chi connectivity index (χ3v) is 5.14. The van der Waals surface area contributed by atoms with Crippen molar-refractivity contribution in [2.75, 3.05) is 5.32 Å². The second-order valence-electron chi connectivity index (χ2n) is 7.40. The Labute approximate surface area is 171 Å². The van der Waals surface area contributed by atoms with E-state index in [0.29, 0.717) is 28.6 Å². The molecule has 0 atom stereocenters. The van der Waals surface area contributed by atoms with Gasteiger partial charge >= 0.3 is 0 Å². The standard InChI is InChI=1S/C21H19N7O2/c1-13-17-7-2-3-8-18(17)21(30)27(24-13)12-19(29)22-15-6-4-5-14(11-15)20-23-25-26-28(20)16-9-10-16/h2-8,11,16H,9-10,12H2,1H3,(H,22,29). The average molecular weight is 401 g/mol. The maximum atomic E-state index is 12.7. The van der Waals surface area contributed by atoms with Crippen molar-refractivity contribution < 1.29 is 4.79 Å². The molecule has 9 heteroatoms. The Bertz CT molecular complexity index is 1320. The maximum Gasteiger partial charge on any atom is 0.275 e. The fourth-order valence-corrected chi connectivity index (χ4v) is 3.53. The van der Waals surface area contributed by atoms with E-state index in [4.69, 9.17) is 0 Å². The van der Waals surface area contributed by atoms with Gasteiger partial charge in [0, 0.05) is 16.6 Å². The van der Waals surface area contributed by atoms with Crippen LogP contribution >= 0.6 is 0 Å². The minimum Gasteiger partial charge on any atom is -0.324 e. The van der Waals surface area contributed by atoms with Gasteiger partial charge in [-0.1, -0.05) is 30.3 Å². The van der Waals surface area contributed by atoms with Gasteiger partial charge in [-0.3, -0.25) is 9.59 Å². The SMILES string of the molecule is Cc1nn(CC(=O)Nc2cccc(-c3nnnn3C3CC3)c2)c(=O)c2ccccc12. The highest BCUT2D eigenvalue weighted by Gasteiger charge is 2.28. The van der Waals surface area contributed by atoms with Crippen molar-refractivity contribution in [1.82, 2.24) is 30.0 Å². The van der Waals surface area contributed by atoms with Crippen LogP contribution in [0.4, 0.5) is 5.69 Å². The number of rotatable bonds is 5. The third kappa shape index (κ3) is 3.34. The summed E-state index contributed by atoms with van der Waals surface area (Å²) in [5.41, 5.74) is 1.84. The number of benzene rings is 2. The molecule has 2 heterocycles. The van der Waals surface area contributed by atoms with Crippen LogP contribution in [0.15, 0.2) is 53.3 Å². The quantitative estimate of drug-likeness (QED) is 0.550. The molecule has 1 N–H and O–H groups in total. The first-order valence-electron chi connectivity index (χ1n) is 9.75. The lowest BCUT2D eigenvalue weighted by Crippen LogP contribution is -2.30. The summed E-state index contributed by atoms with van der Waals surface area (Å²) in [4.78, 5) is 25.3. The highest BCUT2D eigenvalue weighted by molar-refractivity contribution is 5.91. The highest BCUT2D eigenvalue weighted by atomic mass is 16.2. The molecule has 9 nitrogen and oxygen atoms in total. The van der Waals surface area contributed by atoms with Crippen LogP contribution in [-0.4, -0.2) is 35.9 Å². The Hall–Kier alpha value is -3.88. The number of fused-ring (bicyclic) bond motifs is 1. The molecule has 5 rings (SSSR count). The predicted octanol–water partition coefficient (Wildman–Crippen LogP) is 2.33. The van der Waals surface area contributed by atoms with Crippen LogP contribution in [0.5, 0.6) is 0 Å². The summed E-state index contributed by atoms with van der Waals surface area (Å²) < 4.78 is 3.02. The van der Waals surface area contributed by atoms with Crippen LogP contribution in [-0.2, 0) is 11.3 Å². The van der Waals surface area contributed by atoms with E-state index in [2.05, 4.69) is 25.9 Å². The van der Waals surface area contributed by atoms with E-state index in [9.17, 15) is 9.59 Å². The van der Waals surface area contributed by atoms with E-state index in [0.717, 1.165) is 23.8 Å². The van der Waals surface area contributed by atoms with E-state index in [1.807, 2.05) is 41.9 Å². The number of aryl methyl sites for hydroxylation is 1. The topological polar surface area (TPSA) is 108 Å². The van der Waals surface area contributed by atoms with Crippen LogP contribution in [0, 0.1) is 6.92 Å². The number of carbonyl (C=O) groups excluding carboxylic acids is 1. The van der Waals surface area contributed by atoms with Crippen molar-refractivity contribution in [2.45, 2.75) is 32.4 Å². The van der Waals surface area contributed by atoms with Crippen molar-refractivity contribution in [2.24, 2.45) is 0 Å². The normalized spacial score (nSPS) is 13.5. The molecule has 0 aliphatic heterocycles. The Balaban J connectivity index is 1.38. The van der Waals surface area contributed by atoms with E-state index in [1.54, 1.807) is 18.2 Å². The van der Waals surface area contributed by atoms with E-state index < -0.39 is 0 Å². The van der Waals surface area contributed by atoms with Crippen LogP contribution in [0.2, 0.25) is 0 Å². The number of carbonyl (C=O) groups is 1. The number of hydrogen-bond donors (Lipinski definition) is 1. The van der Waals surface area contributed by atoms with Gasteiger partial charge in [-0.25, -0.2) is 9.36 Å². The number of hydrogen-bond acceptors (Lipinski definition) is 6. The Kier molecular flexibility index (Phi) is 4.35. The zero-order chi connectivity index (χ0) is 20.7. The summed E-state index contributed by atoms with van der Waals surface area (Å²) in [6, 6.07) is 15.0. The smallest absolute Gasteiger partial charge is 0.275 e. The lowest BCUT2D eigenvalue weighted by Gasteiger charge is -2.10. The predicted molar refractivity (Wildman–Crippen MR) is 111 cm³/mol. The molecule has 0 radical (unpaired) electrons. The third-order valence-electron chi connectivity index (χ3n) is 5.14. The van der Waals surface area contributed by atoms with Crippen molar-refractivity contribution in [3.63, 3.8) is 0 Å². The molecule has 1 aliphatic carbocycles. The molecule has 1 amide bonds. The zero-order valence-electron chi connectivity index (χ0n) is 16.3. The second-order valence-corrected chi connectivity index (χ2v) is 7.40. The molecule has 4 aromatic rings. The highest BCUT2D eigenvalue weighted by Crippen LogP contribution is 2.36. The number of aromatic nitrogens is 6. The van der Waals surface area contributed by atoms with Gasteiger partial charge in [0.25, 0.3) is 5.56 Å². The van der Waals surface area contributed by atoms with Gasteiger partial charge < -0.3 is 5.32 Å². The van der Waals surface area contributed by atoms with Gasteiger partial charge in [0.1, 0.15) is 6.54 Å². The molecule has 0 saturated heterocycles. The van der Waals surface area contributed by atoms with Crippen LogP contribution in [0.1, 0.15) is 24.6 Å². The largest absolute Gasteiger partial charge is 0.324 e. The van der Waals surface area contributed by atoms with Gasteiger partial charge in [0.05, 0.1) is 17.1 Å². The second kappa shape index (κ2) is 7.18. The van der Waals surface area contributed by atoms with Gasteiger partial charge in [0.15, 0.2) is 5.82 Å². The number of tetrazole rings is 1. The number of nitrogens with one attached hydrogen (secondary N) is 1. The molecule has 150 valence electrons. The van der Waals surface area contributed by atoms with E-state index in [-0.39, 0.29) is 18.0 Å². The Morgan fingerprint density at radius 2 is 1.93 bits per heavy atom. The fourth-order valence-electron chi connectivity index (χ4n) is 3.53. The lowest BCUT2D eigenvalue weighted by molar-refractivity contribution is -0.117. The lowest BCUT2D eigenvalue weighted by atomic mass is 10.1. The molecule has 1 aliphatic rings. The van der Waals surface area contributed by atoms with E-state index >= 15 is 0 Å². The summed E-state index contributed by atoms with van der Waals surface area (Å²) in [5.74, 6) is 0.342. The first kappa shape index (κ1) is 18.2. The summed E-state index contributed by atoms with van der Waals surface area (Å²) >= 11 is 0. The first-order valence-corrected chi connectivity index (χ1v) is 9.75. The molecule has 2 aromatic carbocycles. The van der Waals surface area contributed by atoms with Gasteiger partial charge in [-0.05, 0) is 48.4 Å². The number of nitrogens with zero attached hydrogens (tertiary/aromatic N) is 6.